The topological polar surface area (TPSA) is 61.9 Å². The fourth-order valence-corrected chi connectivity index (χ4v) is 1.39. The van der Waals surface area contributed by atoms with Crippen LogP contribution in [0.4, 0.5) is 18.9 Å². The van der Waals surface area contributed by atoms with Gasteiger partial charge in [0.05, 0.1) is 5.56 Å². The van der Waals surface area contributed by atoms with Gasteiger partial charge in [-0.2, -0.15) is 13.2 Å². The van der Waals surface area contributed by atoms with Crippen LogP contribution in [0.5, 0.6) is 0 Å². The number of hydrogen-bond acceptors (Lipinski definition) is 2. The van der Waals surface area contributed by atoms with Crippen molar-refractivity contribution in [2.45, 2.75) is 20.0 Å². The molecule has 0 aliphatic carbocycles. The SMILES string of the molecule is C/C(=C/N)C(=N)Nc1ccc(C(F)(F)F)c(C)c1. The molecule has 0 atom stereocenters. The van der Waals surface area contributed by atoms with Gasteiger partial charge in [0.2, 0.25) is 0 Å². The highest BCUT2D eigenvalue weighted by atomic mass is 19.4. The van der Waals surface area contributed by atoms with Gasteiger partial charge in [-0.3, -0.25) is 5.41 Å². The summed E-state index contributed by atoms with van der Waals surface area (Å²) >= 11 is 0. The van der Waals surface area contributed by atoms with Crippen LogP contribution in [0.1, 0.15) is 18.1 Å². The fraction of sp³-hybridized carbons (Fsp3) is 0.250. The molecule has 0 radical (unpaired) electrons. The smallest absolute Gasteiger partial charge is 0.404 e. The number of anilines is 1. The Balaban J connectivity index is 2.96. The highest BCUT2D eigenvalue weighted by molar-refractivity contribution is 6.05. The van der Waals surface area contributed by atoms with E-state index >= 15 is 0 Å². The molecule has 1 aromatic carbocycles. The zero-order valence-corrected chi connectivity index (χ0v) is 10.0. The van der Waals surface area contributed by atoms with Gasteiger partial charge in [0.15, 0.2) is 0 Å². The molecule has 98 valence electrons. The second-order valence-corrected chi connectivity index (χ2v) is 3.88. The maximum Gasteiger partial charge on any atom is 0.416 e. The zero-order chi connectivity index (χ0) is 13.9. The molecule has 1 rings (SSSR count). The minimum atomic E-state index is -4.36. The van der Waals surface area contributed by atoms with Crippen molar-refractivity contribution in [3.05, 3.63) is 41.1 Å². The average molecular weight is 257 g/mol. The van der Waals surface area contributed by atoms with E-state index in [0.29, 0.717) is 11.3 Å². The normalized spacial score (nSPS) is 12.4. The number of nitrogens with two attached hydrogens (primary N) is 1. The van der Waals surface area contributed by atoms with Crippen LogP contribution < -0.4 is 11.1 Å². The summed E-state index contributed by atoms with van der Waals surface area (Å²) in [4.78, 5) is 0. The lowest BCUT2D eigenvalue weighted by atomic mass is 10.1. The molecule has 0 spiro atoms. The fourth-order valence-electron chi connectivity index (χ4n) is 1.39. The maximum atomic E-state index is 12.5. The summed E-state index contributed by atoms with van der Waals surface area (Å²) in [6.45, 7) is 3.01. The molecule has 1 aromatic rings. The first-order valence-corrected chi connectivity index (χ1v) is 5.18. The van der Waals surface area contributed by atoms with E-state index in [1.807, 2.05) is 0 Å². The first kappa shape index (κ1) is 14.1. The van der Waals surface area contributed by atoms with Crippen molar-refractivity contribution in [1.29, 1.82) is 5.41 Å². The minimum absolute atomic E-state index is 0.0525. The monoisotopic (exact) mass is 257 g/mol. The Morgan fingerprint density at radius 2 is 2.00 bits per heavy atom. The molecule has 0 saturated carbocycles. The second kappa shape index (κ2) is 5.12. The molecule has 0 aliphatic rings. The minimum Gasteiger partial charge on any atom is -0.404 e. The van der Waals surface area contributed by atoms with Gasteiger partial charge < -0.3 is 11.1 Å². The first-order chi connectivity index (χ1) is 8.25. The third-order valence-electron chi connectivity index (χ3n) is 2.45. The predicted molar refractivity (Wildman–Crippen MR) is 65.5 cm³/mol. The third-order valence-corrected chi connectivity index (χ3v) is 2.45. The van der Waals surface area contributed by atoms with Gasteiger partial charge in [0.1, 0.15) is 5.84 Å². The Morgan fingerprint density at radius 1 is 1.39 bits per heavy atom. The van der Waals surface area contributed by atoms with Crippen molar-refractivity contribution >= 4 is 11.5 Å². The lowest BCUT2D eigenvalue weighted by Crippen LogP contribution is -2.14. The van der Waals surface area contributed by atoms with Gasteiger partial charge in [-0.1, -0.05) is 0 Å². The van der Waals surface area contributed by atoms with E-state index in [1.54, 1.807) is 6.92 Å². The van der Waals surface area contributed by atoms with Crippen LogP contribution in [0, 0.1) is 12.3 Å². The molecule has 0 saturated heterocycles. The third kappa shape index (κ3) is 3.26. The molecule has 0 amide bonds. The van der Waals surface area contributed by atoms with Crippen molar-refractivity contribution in [2.75, 3.05) is 5.32 Å². The Labute approximate surface area is 103 Å². The number of amidine groups is 1. The standard InChI is InChI=1S/C12H14F3N3/c1-7-5-9(18-11(17)8(2)6-16)3-4-10(7)12(13,14)15/h3-6H,16H2,1-2H3,(H2,17,18)/b8-6-. The van der Waals surface area contributed by atoms with E-state index in [4.69, 9.17) is 11.1 Å². The molecule has 0 aliphatic heterocycles. The Hall–Kier alpha value is -1.98. The van der Waals surface area contributed by atoms with Crippen LogP contribution in [0.25, 0.3) is 0 Å². The van der Waals surface area contributed by atoms with Gasteiger partial charge in [0, 0.05) is 17.5 Å². The maximum absolute atomic E-state index is 12.5. The highest BCUT2D eigenvalue weighted by Crippen LogP contribution is 2.32. The van der Waals surface area contributed by atoms with Crippen molar-refractivity contribution in [2.24, 2.45) is 5.73 Å². The van der Waals surface area contributed by atoms with Crippen LogP contribution in [-0.4, -0.2) is 5.84 Å². The number of hydrogen-bond donors (Lipinski definition) is 3. The number of rotatable bonds is 2. The van der Waals surface area contributed by atoms with Gasteiger partial charge in [-0.25, -0.2) is 0 Å². The van der Waals surface area contributed by atoms with Gasteiger partial charge in [-0.15, -0.1) is 0 Å². The number of aryl methyl sites for hydroxylation is 1. The Kier molecular flexibility index (Phi) is 4.00. The molecule has 0 heterocycles. The summed E-state index contributed by atoms with van der Waals surface area (Å²) < 4.78 is 37.6. The van der Waals surface area contributed by atoms with Crippen LogP contribution in [0.2, 0.25) is 0 Å². The summed E-state index contributed by atoms with van der Waals surface area (Å²) in [5, 5.41) is 10.3. The highest BCUT2D eigenvalue weighted by Gasteiger charge is 2.32. The number of alkyl halides is 3. The van der Waals surface area contributed by atoms with Gasteiger partial charge in [-0.05, 0) is 37.6 Å². The predicted octanol–water partition coefficient (Wildman–Crippen LogP) is 3.27. The lowest BCUT2D eigenvalue weighted by molar-refractivity contribution is -0.138. The molecule has 0 fully saturated rings. The summed E-state index contributed by atoms with van der Waals surface area (Å²) in [6, 6.07) is 3.63. The molecule has 18 heavy (non-hydrogen) atoms. The summed E-state index contributed by atoms with van der Waals surface area (Å²) in [7, 11) is 0. The lowest BCUT2D eigenvalue weighted by Gasteiger charge is -2.13. The molecule has 6 heteroatoms. The number of benzene rings is 1. The van der Waals surface area contributed by atoms with E-state index in [9.17, 15) is 13.2 Å². The van der Waals surface area contributed by atoms with Crippen LogP contribution in [-0.2, 0) is 6.18 Å². The largest absolute Gasteiger partial charge is 0.416 e. The van der Waals surface area contributed by atoms with E-state index in [1.165, 1.54) is 25.3 Å². The van der Waals surface area contributed by atoms with Crippen molar-refractivity contribution in [1.82, 2.24) is 0 Å². The van der Waals surface area contributed by atoms with E-state index in [0.717, 1.165) is 6.07 Å². The molecule has 0 bridgehead atoms. The first-order valence-electron chi connectivity index (χ1n) is 5.18. The van der Waals surface area contributed by atoms with Crippen molar-refractivity contribution in [3.63, 3.8) is 0 Å². The molecular weight excluding hydrogens is 243 g/mol. The van der Waals surface area contributed by atoms with E-state index < -0.39 is 11.7 Å². The zero-order valence-electron chi connectivity index (χ0n) is 10.0. The molecular formula is C12H14F3N3. The number of halogens is 3. The van der Waals surface area contributed by atoms with Gasteiger partial charge >= 0.3 is 6.18 Å². The van der Waals surface area contributed by atoms with E-state index in [-0.39, 0.29) is 11.4 Å². The summed E-state index contributed by atoms with van der Waals surface area (Å²) in [5.41, 5.74) is 5.61. The van der Waals surface area contributed by atoms with Gasteiger partial charge in [0.25, 0.3) is 0 Å². The number of nitrogens with one attached hydrogen (secondary N) is 2. The van der Waals surface area contributed by atoms with E-state index in [2.05, 4.69) is 5.32 Å². The summed E-state index contributed by atoms with van der Waals surface area (Å²) in [6.07, 6.45) is -3.10. The van der Waals surface area contributed by atoms with Crippen molar-refractivity contribution < 1.29 is 13.2 Å². The van der Waals surface area contributed by atoms with Crippen LogP contribution >= 0.6 is 0 Å². The summed E-state index contributed by atoms with van der Waals surface area (Å²) in [5.74, 6) is 0.0525. The quantitative estimate of drug-likeness (QED) is 0.562. The van der Waals surface area contributed by atoms with Crippen LogP contribution in [0.3, 0.4) is 0 Å². The Morgan fingerprint density at radius 3 is 2.44 bits per heavy atom. The van der Waals surface area contributed by atoms with Crippen LogP contribution in [0.15, 0.2) is 30.0 Å². The molecule has 3 nitrogen and oxygen atoms in total. The Bertz CT molecular complexity index is 490. The molecule has 0 aromatic heterocycles. The second-order valence-electron chi connectivity index (χ2n) is 3.88. The molecule has 0 unspecified atom stereocenters. The average Bonchev–Trinajstić information content (AvgIpc) is 2.26. The van der Waals surface area contributed by atoms with Crippen molar-refractivity contribution in [3.8, 4) is 0 Å². The molecule has 4 N–H and O–H groups in total.